The van der Waals surface area contributed by atoms with Crippen LogP contribution in [-0.4, -0.2) is 18.4 Å². The number of carbonyl (C=O) groups is 1. The molecule has 0 saturated heterocycles. The van der Waals surface area contributed by atoms with Crippen molar-refractivity contribution in [3.8, 4) is 0 Å². The Kier molecular flexibility index (Phi) is 45.8. The molecule has 8 heavy (non-hydrogen) atoms. The van der Waals surface area contributed by atoms with Crippen LogP contribution in [0.4, 0.5) is 4.79 Å². The molecule has 0 spiro atoms. The number of carboxylic acid groups (broad SMARTS) is 1. The SMILES string of the molecule is COC(=O)O.P.P.[Cu]. The molecular formula is C2H10CuO3P2. The predicted octanol–water partition coefficient (Wildman–Crippen LogP) is 0.424. The van der Waals surface area contributed by atoms with Gasteiger partial charge in [-0.1, -0.05) is 0 Å². The van der Waals surface area contributed by atoms with E-state index in [2.05, 4.69) is 4.74 Å². The van der Waals surface area contributed by atoms with Crippen LogP contribution in [0, 0.1) is 0 Å². The van der Waals surface area contributed by atoms with Gasteiger partial charge in [0.05, 0.1) is 7.11 Å². The first-order chi connectivity index (χ1) is 2.27. The van der Waals surface area contributed by atoms with Crippen LogP contribution in [0.25, 0.3) is 0 Å². The van der Waals surface area contributed by atoms with Gasteiger partial charge in [0.15, 0.2) is 0 Å². The Morgan fingerprint density at radius 1 is 1.50 bits per heavy atom. The van der Waals surface area contributed by atoms with Crippen LogP contribution in [0.3, 0.4) is 0 Å². The van der Waals surface area contributed by atoms with E-state index in [0.29, 0.717) is 0 Å². The zero-order chi connectivity index (χ0) is 4.28. The Morgan fingerprint density at radius 3 is 1.62 bits per heavy atom. The van der Waals surface area contributed by atoms with Gasteiger partial charge in [0.1, 0.15) is 0 Å². The third-order valence-electron chi connectivity index (χ3n) is 0.175. The van der Waals surface area contributed by atoms with Gasteiger partial charge in [-0.15, -0.1) is 0 Å². The van der Waals surface area contributed by atoms with Crippen molar-refractivity contribution >= 4 is 26.0 Å². The largest absolute Gasteiger partial charge is 0.505 e. The summed E-state index contributed by atoms with van der Waals surface area (Å²) in [6.07, 6.45) is -1.25. The molecule has 0 fully saturated rings. The predicted molar refractivity (Wildman–Crippen MR) is 37.2 cm³/mol. The van der Waals surface area contributed by atoms with E-state index in [1.165, 1.54) is 0 Å². The van der Waals surface area contributed by atoms with Crippen molar-refractivity contribution in [2.45, 2.75) is 0 Å². The van der Waals surface area contributed by atoms with E-state index in [9.17, 15) is 0 Å². The molecule has 57 valence electrons. The van der Waals surface area contributed by atoms with Crippen LogP contribution < -0.4 is 0 Å². The number of rotatable bonds is 0. The van der Waals surface area contributed by atoms with E-state index in [0.717, 1.165) is 7.11 Å². The fraction of sp³-hybridized carbons (Fsp3) is 0.500. The summed E-state index contributed by atoms with van der Waals surface area (Å²) in [6, 6.07) is 0. The molecule has 0 bridgehead atoms. The Balaban J connectivity index is -0.0000000267. The molecule has 0 rings (SSSR count). The maximum atomic E-state index is 9.15. The van der Waals surface area contributed by atoms with Crippen molar-refractivity contribution in [2.75, 3.05) is 7.11 Å². The molecule has 0 aromatic rings. The third-order valence-corrected chi connectivity index (χ3v) is 0.175. The summed E-state index contributed by atoms with van der Waals surface area (Å²) >= 11 is 0. The molecule has 0 aliphatic carbocycles. The van der Waals surface area contributed by atoms with Crippen LogP contribution in [0.15, 0.2) is 0 Å². The summed E-state index contributed by atoms with van der Waals surface area (Å²) in [7, 11) is 1.10. The van der Waals surface area contributed by atoms with Gasteiger partial charge in [-0.25, -0.2) is 4.79 Å². The maximum absolute atomic E-state index is 9.15. The van der Waals surface area contributed by atoms with Gasteiger partial charge in [-0.3, -0.25) is 0 Å². The zero-order valence-electron chi connectivity index (χ0n) is 4.48. The first-order valence-electron chi connectivity index (χ1n) is 1.04. The fourth-order valence-electron chi connectivity index (χ4n) is 0. The summed E-state index contributed by atoms with van der Waals surface area (Å²) in [5.74, 6) is 0. The van der Waals surface area contributed by atoms with Gasteiger partial charge in [-0.05, 0) is 0 Å². The van der Waals surface area contributed by atoms with Crippen molar-refractivity contribution in [1.29, 1.82) is 0 Å². The number of ether oxygens (including phenoxy) is 1. The average molecular weight is 208 g/mol. The fourth-order valence-corrected chi connectivity index (χ4v) is 0. The van der Waals surface area contributed by atoms with E-state index in [-0.39, 0.29) is 36.9 Å². The summed E-state index contributed by atoms with van der Waals surface area (Å²) in [5, 5.41) is 7.50. The smallest absolute Gasteiger partial charge is 0.450 e. The molecule has 2 unspecified atom stereocenters. The molecule has 1 N–H and O–H groups in total. The van der Waals surface area contributed by atoms with Crippen LogP contribution in [0.2, 0.25) is 0 Å². The van der Waals surface area contributed by atoms with Gasteiger partial charge >= 0.3 is 6.16 Å². The van der Waals surface area contributed by atoms with E-state index in [1.807, 2.05) is 0 Å². The van der Waals surface area contributed by atoms with Crippen molar-refractivity contribution in [1.82, 2.24) is 0 Å². The van der Waals surface area contributed by atoms with E-state index in [4.69, 9.17) is 9.90 Å². The van der Waals surface area contributed by atoms with Gasteiger partial charge in [-0.2, -0.15) is 19.8 Å². The van der Waals surface area contributed by atoms with Gasteiger partial charge < -0.3 is 9.84 Å². The molecular weight excluding hydrogens is 198 g/mol. The second-order valence-corrected chi connectivity index (χ2v) is 0.470. The van der Waals surface area contributed by atoms with Crippen molar-refractivity contribution < 1.29 is 31.7 Å². The van der Waals surface area contributed by atoms with Crippen LogP contribution in [0.5, 0.6) is 0 Å². The zero-order valence-corrected chi connectivity index (χ0v) is 8.25. The molecule has 0 heterocycles. The second-order valence-electron chi connectivity index (χ2n) is 0.470. The van der Waals surface area contributed by atoms with Gasteiger partial charge in [0.25, 0.3) is 0 Å². The maximum Gasteiger partial charge on any atom is 0.505 e. The number of hydrogen-bond donors (Lipinski definition) is 1. The average Bonchev–Trinajstić information content (AvgIpc) is 1.38. The number of methoxy groups -OCH3 is 1. The van der Waals surface area contributed by atoms with E-state index in [1.54, 1.807) is 0 Å². The molecule has 3 nitrogen and oxygen atoms in total. The van der Waals surface area contributed by atoms with Crippen LogP contribution in [-0.2, 0) is 21.8 Å². The van der Waals surface area contributed by atoms with E-state index >= 15 is 0 Å². The summed E-state index contributed by atoms with van der Waals surface area (Å²) in [5.41, 5.74) is 0. The molecule has 0 aromatic heterocycles. The Hall–Kier alpha value is 0.649. The minimum atomic E-state index is -1.25. The van der Waals surface area contributed by atoms with Crippen LogP contribution >= 0.6 is 19.8 Å². The normalized spacial score (nSPS) is 4.12. The minimum Gasteiger partial charge on any atom is -0.450 e. The molecule has 0 amide bonds. The first-order valence-corrected chi connectivity index (χ1v) is 1.04. The molecule has 1 radical (unpaired) electrons. The second kappa shape index (κ2) is 15.6. The van der Waals surface area contributed by atoms with Gasteiger partial charge in [0.2, 0.25) is 0 Å². The molecule has 0 aromatic carbocycles. The van der Waals surface area contributed by atoms with Gasteiger partial charge in [0, 0.05) is 17.1 Å². The van der Waals surface area contributed by atoms with E-state index < -0.39 is 6.16 Å². The van der Waals surface area contributed by atoms with Crippen LogP contribution in [0.1, 0.15) is 0 Å². The third kappa shape index (κ3) is 30.2. The summed E-state index contributed by atoms with van der Waals surface area (Å²) in [4.78, 5) is 9.15. The monoisotopic (exact) mass is 207 g/mol. The van der Waals surface area contributed by atoms with Crippen molar-refractivity contribution in [2.24, 2.45) is 0 Å². The quantitative estimate of drug-likeness (QED) is 0.356. The summed E-state index contributed by atoms with van der Waals surface area (Å²) in [6.45, 7) is 0. The number of hydrogen-bond acceptors (Lipinski definition) is 2. The Labute approximate surface area is 65.3 Å². The molecule has 0 aliphatic rings. The molecule has 0 saturated carbocycles. The molecule has 0 aliphatic heterocycles. The molecule has 6 heteroatoms. The van der Waals surface area contributed by atoms with Crippen molar-refractivity contribution in [3.05, 3.63) is 0 Å². The molecule has 2 atom stereocenters. The minimum absolute atomic E-state index is 0. The topological polar surface area (TPSA) is 46.5 Å². The first kappa shape index (κ1) is 23.4. The Bertz CT molecular complexity index is 50.5. The standard InChI is InChI=1S/C2H4O3.Cu.2H3P/c1-5-2(3)4;;;/h1H3,(H,3,4);;2*1H3. The van der Waals surface area contributed by atoms with Crippen molar-refractivity contribution in [3.63, 3.8) is 0 Å². The Morgan fingerprint density at radius 2 is 1.62 bits per heavy atom. The summed E-state index contributed by atoms with van der Waals surface area (Å²) < 4.78 is 3.67.